The summed E-state index contributed by atoms with van der Waals surface area (Å²) in [4.78, 5) is 13.8. The average molecular weight is 247 g/mol. The second-order valence-corrected chi connectivity index (χ2v) is 3.78. The third kappa shape index (κ3) is 3.17. The standard InChI is InChI=1S/C12H17N5O/c1-4-17(5-2)12(18)9(3)15-11-10(8-13)6-7-14-16-11/h6-7,9H,4-5H2,1-3H3,(H,15,16). The van der Waals surface area contributed by atoms with Crippen molar-refractivity contribution in [3.05, 3.63) is 17.8 Å². The van der Waals surface area contributed by atoms with Crippen LogP contribution >= 0.6 is 0 Å². The second kappa shape index (κ2) is 6.55. The maximum atomic E-state index is 12.0. The van der Waals surface area contributed by atoms with Gasteiger partial charge in [-0.05, 0) is 26.8 Å². The lowest BCUT2D eigenvalue weighted by molar-refractivity contribution is -0.131. The molecule has 1 heterocycles. The van der Waals surface area contributed by atoms with Crippen LogP contribution in [0.4, 0.5) is 5.82 Å². The minimum Gasteiger partial charge on any atom is -0.356 e. The van der Waals surface area contributed by atoms with Crippen LogP contribution in [0.5, 0.6) is 0 Å². The highest BCUT2D eigenvalue weighted by Gasteiger charge is 2.19. The lowest BCUT2D eigenvalue weighted by atomic mass is 10.2. The van der Waals surface area contributed by atoms with Crippen LogP contribution in [-0.4, -0.2) is 40.1 Å². The molecule has 1 aromatic heterocycles. The molecule has 0 aliphatic rings. The van der Waals surface area contributed by atoms with Gasteiger partial charge in [-0.25, -0.2) is 0 Å². The number of rotatable bonds is 5. The molecule has 1 N–H and O–H groups in total. The van der Waals surface area contributed by atoms with Gasteiger partial charge >= 0.3 is 0 Å². The molecule has 0 saturated heterocycles. The third-order valence-corrected chi connectivity index (χ3v) is 2.64. The van der Waals surface area contributed by atoms with Crippen LogP contribution in [-0.2, 0) is 4.79 Å². The first-order valence-electron chi connectivity index (χ1n) is 5.91. The van der Waals surface area contributed by atoms with Gasteiger partial charge in [0.2, 0.25) is 5.91 Å². The van der Waals surface area contributed by atoms with E-state index in [0.717, 1.165) is 0 Å². The van der Waals surface area contributed by atoms with Crippen LogP contribution in [0, 0.1) is 11.3 Å². The zero-order valence-electron chi connectivity index (χ0n) is 10.8. The Morgan fingerprint density at radius 3 is 2.78 bits per heavy atom. The van der Waals surface area contributed by atoms with Crippen LogP contribution in [0.25, 0.3) is 0 Å². The number of carbonyl (C=O) groups is 1. The number of anilines is 1. The van der Waals surface area contributed by atoms with Crippen molar-refractivity contribution in [2.75, 3.05) is 18.4 Å². The Labute approximate surface area is 107 Å². The fourth-order valence-electron chi connectivity index (χ4n) is 1.60. The first-order chi connectivity index (χ1) is 8.63. The summed E-state index contributed by atoms with van der Waals surface area (Å²) in [7, 11) is 0. The van der Waals surface area contributed by atoms with Crippen LogP contribution < -0.4 is 5.32 Å². The quantitative estimate of drug-likeness (QED) is 0.840. The molecule has 1 amide bonds. The van der Waals surface area contributed by atoms with E-state index in [2.05, 4.69) is 15.5 Å². The predicted octanol–water partition coefficient (Wildman–Crippen LogP) is 1.02. The first-order valence-corrected chi connectivity index (χ1v) is 5.91. The van der Waals surface area contributed by atoms with Gasteiger partial charge in [0.05, 0.1) is 11.8 Å². The van der Waals surface area contributed by atoms with Gasteiger partial charge in [-0.2, -0.15) is 10.4 Å². The van der Waals surface area contributed by atoms with Gasteiger partial charge in [0.1, 0.15) is 12.1 Å². The molecule has 0 fully saturated rings. The molecule has 18 heavy (non-hydrogen) atoms. The molecule has 0 aliphatic heterocycles. The fraction of sp³-hybridized carbons (Fsp3) is 0.500. The highest BCUT2D eigenvalue weighted by molar-refractivity contribution is 5.84. The Kier molecular flexibility index (Phi) is 5.06. The van der Waals surface area contributed by atoms with Crippen molar-refractivity contribution in [3.8, 4) is 6.07 Å². The summed E-state index contributed by atoms with van der Waals surface area (Å²) in [6.45, 7) is 6.92. The molecule has 1 unspecified atom stereocenters. The molecule has 96 valence electrons. The normalized spacial score (nSPS) is 11.4. The number of nitriles is 1. The molecule has 0 aromatic carbocycles. The topological polar surface area (TPSA) is 81.9 Å². The molecule has 6 nitrogen and oxygen atoms in total. The van der Waals surface area contributed by atoms with Crippen molar-refractivity contribution in [1.29, 1.82) is 5.26 Å². The lowest BCUT2D eigenvalue weighted by Crippen LogP contribution is -2.41. The van der Waals surface area contributed by atoms with Gasteiger partial charge in [0.25, 0.3) is 0 Å². The number of amides is 1. The van der Waals surface area contributed by atoms with Crippen molar-refractivity contribution >= 4 is 11.7 Å². The van der Waals surface area contributed by atoms with Gasteiger partial charge < -0.3 is 10.2 Å². The SMILES string of the molecule is CCN(CC)C(=O)C(C)Nc1nnccc1C#N. The summed E-state index contributed by atoms with van der Waals surface area (Å²) in [5.74, 6) is 0.322. The molecular formula is C12H17N5O. The number of hydrogen-bond acceptors (Lipinski definition) is 5. The highest BCUT2D eigenvalue weighted by atomic mass is 16.2. The van der Waals surface area contributed by atoms with E-state index < -0.39 is 6.04 Å². The smallest absolute Gasteiger partial charge is 0.244 e. The van der Waals surface area contributed by atoms with Gasteiger partial charge in [-0.1, -0.05) is 0 Å². The molecule has 0 spiro atoms. The minimum absolute atomic E-state index is 0.0189. The predicted molar refractivity (Wildman–Crippen MR) is 67.8 cm³/mol. The molecule has 0 aliphatic carbocycles. The van der Waals surface area contributed by atoms with Crippen molar-refractivity contribution in [2.24, 2.45) is 0 Å². The van der Waals surface area contributed by atoms with Crippen LogP contribution in [0.2, 0.25) is 0 Å². The summed E-state index contributed by atoms with van der Waals surface area (Å²) >= 11 is 0. The zero-order valence-corrected chi connectivity index (χ0v) is 10.8. The van der Waals surface area contributed by atoms with E-state index in [9.17, 15) is 4.79 Å². The van der Waals surface area contributed by atoms with Crippen LogP contribution in [0.15, 0.2) is 12.3 Å². The van der Waals surface area contributed by atoms with Crippen LogP contribution in [0.3, 0.4) is 0 Å². The fourth-order valence-corrected chi connectivity index (χ4v) is 1.60. The Morgan fingerprint density at radius 1 is 1.56 bits per heavy atom. The van der Waals surface area contributed by atoms with E-state index in [-0.39, 0.29) is 5.91 Å². The largest absolute Gasteiger partial charge is 0.356 e. The molecule has 0 radical (unpaired) electrons. The first kappa shape index (κ1) is 13.9. The van der Waals surface area contributed by atoms with Gasteiger partial charge in [-0.3, -0.25) is 4.79 Å². The molecule has 1 atom stereocenters. The maximum Gasteiger partial charge on any atom is 0.244 e. The van der Waals surface area contributed by atoms with E-state index >= 15 is 0 Å². The number of aromatic nitrogens is 2. The second-order valence-electron chi connectivity index (χ2n) is 3.78. The van der Waals surface area contributed by atoms with E-state index in [4.69, 9.17) is 5.26 Å². The average Bonchev–Trinajstić information content (AvgIpc) is 2.40. The number of hydrogen-bond donors (Lipinski definition) is 1. The van der Waals surface area contributed by atoms with E-state index in [1.165, 1.54) is 6.20 Å². The Hall–Kier alpha value is -2.16. The Balaban J connectivity index is 2.79. The Morgan fingerprint density at radius 2 is 2.22 bits per heavy atom. The minimum atomic E-state index is -0.436. The van der Waals surface area contributed by atoms with Gasteiger partial charge in [0, 0.05) is 13.1 Å². The van der Waals surface area contributed by atoms with Crippen molar-refractivity contribution < 1.29 is 4.79 Å². The van der Waals surface area contributed by atoms with Crippen molar-refractivity contribution in [3.63, 3.8) is 0 Å². The van der Waals surface area contributed by atoms with Gasteiger partial charge in [0.15, 0.2) is 5.82 Å². The van der Waals surface area contributed by atoms with Crippen molar-refractivity contribution in [2.45, 2.75) is 26.8 Å². The summed E-state index contributed by atoms with van der Waals surface area (Å²) < 4.78 is 0. The summed E-state index contributed by atoms with van der Waals surface area (Å²) in [6, 6.07) is 3.13. The third-order valence-electron chi connectivity index (χ3n) is 2.64. The highest BCUT2D eigenvalue weighted by Crippen LogP contribution is 2.10. The maximum absolute atomic E-state index is 12.0. The molecule has 1 rings (SSSR count). The van der Waals surface area contributed by atoms with Gasteiger partial charge in [-0.15, -0.1) is 5.10 Å². The number of carbonyl (C=O) groups excluding carboxylic acids is 1. The molecule has 0 saturated carbocycles. The van der Waals surface area contributed by atoms with E-state index in [1.807, 2.05) is 19.9 Å². The number of nitrogens with zero attached hydrogens (tertiary/aromatic N) is 4. The number of likely N-dealkylation sites (N-methyl/N-ethyl adjacent to an activating group) is 1. The summed E-state index contributed by atoms with van der Waals surface area (Å²) in [6.07, 6.45) is 1.45. The molecule has 6 heteroatoms. The molecular weight excluding hydrogens is 230 g/mol. The summed E-state index contributed by atoms with van der Waals surface area (Å²) in [5, 5.41) is 19.4. The number of nitrogens with one attached hydrogen (secondary N) is 1. The monoisotopic (exact) mass is 247 g/mol. The Bertz CT molecular complexity index is 450. The lowest BCUT2D eigenvalue weighted by Gasteiger charge is -2.23. The van der Waals surface area contributed by atoms with E-state index in [1.54, 1.807) is 17.9 Å². The zero-order chi connectivity index (χ0) is 13.5. The van der Waals surface area contributed by atoms with E-state index in [0.29, 0.717) is 24.5 Å². The van der Waals surface area contributed by atoms with Crippen LogP contribution in [0.1, 0.15) is 26.3 Å². The summed E-state index contributed by atoms with van der Waals surface area (Å²) in [5.41, 5.74) is 0.379. The molecule has 0 bridgehead atoms. The molecule has 1 aromatic rings. The van der Waals surface area contributed by atoms with Crippen molar-refractivity contribution in [1.82, 2.24) is 15.1 Å².